The number of likely N-dealkylation sites (N-methyl/N-ethyl adjacent to an activating group) is 1. The maximum Gasteiger partial charge on any atom is 0.253 e. The molecule has 0 aliphatic heterocycles. The first-order chi connectivity index (χ1) is 14.6. The van der Waals surface area contributed by atoms with Gasteiger partial charge in [-0.05, 0) is 53.9 Å². The fourth-order valence-corrected chi connectivity index (χ4v) is 3.09. The van der Waals surface area contributed by atoms with Gasteiger partial charge >= 0.3 is 0 Å². The summed E-state index contributed by atoms with van der Waals surface area (Å²) in [5.41, 5.74) is 2.82. The van der Waals surface area contributed by atoms with Crippen molar-refractivity contribution in [2.45, 2.75) is 13.0 Å². The van der Waals surface area contributed by atoms with Crippen LogP contribution < -0.4 is 14.2 Å². The highest BCUT2D eigenvalue weighted by molar-refractivity contribution is 5.94. The van der Waals surface area contributed by atoms with E-state index in [1.807, 2.05) is 67.7 Å². The predicted octanol–water partition coefficient (Wildman–Crippen LogP) is 4.60. The largest absolute Gasteiger partial charge is 0.493 e. The van der Waals surface area contributed by atoms with E-state index in [2.05, 4.69) is 0 Å². The molecule has 0 bridgehead atoms. The van der Waals surface area contributed by atoms with Crippen LogP contribution in [-0.2, 0) is 13.0 Å². The summed E-state index contributed by atoms with van der Waals surface area (Å²) >= 11 is 0. The molecule has 0 aliphatic rings. The average molecular weight is 405 g/mol. The van der Waals surface area contributed by atoms with Gasteiger partial charge in [0.25, 0.3) is 5.91 Å². The quantitative estimate of drug-likeness (QED) is 0.522. The fourth-order valence-electron chi connectivity index (χ4n) is 3.09. The molecule has 0 atom stereocenters. The van der Waals surface area contributed by atoms with E-state index in [9.17, 15) is 4.79 Å². The smallest absolute Gasteiger partial charge is 0.253 e. The third-order valence-corrected chi connectivity index (χ3v) is 4.88. The first-order valence-electron chi connectivity index (χ1n) is 9.84. The molecule has 0 radical (unpaired) electrons. The lowest BCUT2D eigenvalue weighted by molar-refractivity contribution is 0.0796. The molecule has 1 amide bonds. The molecule has 0 saturated heterocycles. The Kier molecular flexibility index (Phi) is 7.33. The number of rotatable bonds is 9. The second-order valence-electron chi connectivity index (χ2n) is 6.96. The van der Waals surface area contributed by atoms with E-state index in [1.165, 1.54) is 0 Å². The van der Waals surface area contributed by atoms with E-state index in [-0.39, 0.29) is 5.91 Å². The van der Waals surface area contributed by atoms with Crippen LogP contribution in [0, 0.1) is 0 Å². The predicted molar refractivity (Wildman–Crippen MR) is 117 cm³/mol. The summed E-state index contributed by atoms with van der Waals surface area (Å²) in [5, 5.41) is 0. The normalized spacial score (nSPS) is 10.4. The standard InChI is InChI=1S/C25H27NO4/c1-26(16-15-19-9-14-23(28-2)24(17-19)29-3)25(27)21-10-12-22(13-11-21)30-18-20-7-5-4-6-8-20/h4-14,17H,15-16,18H2,1-3H3. The Labute approximate surface area is 177 Å². The minimum absolute atomic E-state index is 0.0231. The minimum atomic E-state index is -0.0231. The zero-order chi connectivity index (χ0) is 21.3. The van der Waals surface area contributed by atoms with E-state index >= 15 is 0 Å². The fraction of sp³-hybridized carbons (Fsp3) is 0.240. The summed E-state index contributed by atoms with van der Waals surface area (Å²) in [6, 6.07) is 23.1. The summed E-state index contributed by atoms with van der Waals surface area (Å²) in [4.78, 5) is 14.4. The van der Waals surface area contributed by atoms with Crippen LogP contribution >= 0.6 is 0 Å². The van der Waals surface area contributed by atoms with E-state index < -0.39 is 0 Å². The molecule has 0 heterocycles. The molecule has 0 aliphatic carbocycles. The summed E-state index contributed by atoms with van der Waals surface area (Å²) in [6.07, 6.45) is 0.723. The molecule has 0 aromatic heterocycles. The first kappa shape index (κ1) is 21.2. The van der Waals surface area contributed by atoms with Gasteiger partial charge in [-0.3, -0.25) is 4.79 Å². The molecular weight excluding hydrogens is 378 g/mol. The van der Waals surface area contributed by atoms with Crippen molar-refractivity contribution in [3.05, 3.63) is 89.5 Å². The molecule has 0 spiro atoms. The number of hydrogen-bond donors (Lipinski definition) is 0. The Morgan fingerprint density at radius 3 is 2.20 bits per heavy atom. The molecular formula is C25H27NO4. The number of methoxy groups -OCH3 is 2. The zero-order valence-electron chi connectivity index (χ0n) is 17.6. The zero-order valence-corrected chi connectivity index (χ0v) is 17.6. The lowest BCUT2D eigenvalue weighted by Gasteiger charge is -2.18. The number of hydrogen-bond acceptors (Lipinski definition) is 4. The van der Waals surface area contributed by atoms with Crippen LogP contribution in [0.4, 0.5) is 0 Å². The van der Waals surface area contributed by atoms with E-state index in [0.717, 1.165) is 23.3 Å². The van der Waals surface area contributed by atoms with Gasteiger partial charge in [0.2, 0.25) is 0 Å². The van der Waals surface area contributed by atoms with E-state index in [1.54, 1.807) is 31.3 Å². The van der Waals surface area contributed by atoms with Crippen LogP contribution in [0.15, 0.2) is 72.8 Å². The van der Waals surface area contributed by atoms with Crippen molar-refractivity contribution in [2.75, 3.05) is 27.8 Å². The number of nitrogens with zero attached hydrogens (tertiary/aromatic N) is 1. The van der Waals surface area contributed by atoms with Crippen molar-refractivity contribution in [1.29, 1.82) is 0 Å². The molecule has 3 aromatic rings. The summed E-state index contributed by atoms with van der Waals surface area (Å²) in [6.45, 7) is 1.10. The van der Waals surface area contributed by atoms with E-state index in [4.69, 9.17) is 14.2 Å². The Bertz CT molecular complexity index is 955. The Morgan fingerprint density at radius 1 is 0.833 bits per heavy atom. The summed E-state index contributed by atoms with van der Waals surface area (Å²) in [7, 11) is 5.04. The van der Waals surface area contributed by atoms with Gasteiger partial charge < -0.3 is 19.1 Å². The highest BCUT2D eigenvalue weighted by Gasteiger charge is 2.12. The van der Waals surface area contributed by atoms with Gasteiger partial charge in [0.05, 0.1) is 14.2 Å². The molecule has 5 nitrogen and oxygen atoms in total. The lowest BCUT2D eigenvalue weighted by atomic mass is 10.1. The molecule has 0 fully saturated rings. The van der Waals surface area contributed by atoms with Gasteiger partial charge in [-0.25, -0.2) is 0 Å². The minimum Gasteiger partial charge on any atom is -0.493 e. The number of ether oxygens (including phenoxy) is 3. The van der Waals surface area contributed by atoms with Crippen LogP contribution in [0.2, 0.25) is 0 Å². The van der Waals surface area contributed by atoms with Gasteiger partial charge in [-0.2, -0.15) is 0 Å². The first-order valence-corrected chi connectivity index (χ1v) is 9.84. The van der Waals surface area contributed by atoms with Gasteiger partial charge in [-0.1, -0.05) is 36.4 Å². The highest BCUT2D eigenvalue weighted by Crippen LogP contribution is 2.27. The Balaban J connectivity index is 1.54. The maximum atomic E-state index is 12.7. The van der Waals surface area contributed by atoms with Crippen LogP contribution in [0.5, 0.6) is 17.2 Å². The van der Waals surface area contributed by atoms with Crippen LogP contribution in [0.3, 0.4) is 0 Å². The summed E-state index contributed by atoms with van der Waals surface area (Å²) in [5.74, 6) is 2.10. The van der Waals surface area contributed by atoms with Crippen molar-refractivity contribution < 1.29 is 19.0 Å². The third-order valence-electron chi connectivity index (χ3n) is 4.88. The lowest BCUT2D eigenvalue weighted by Crippen LogP contribution is -2.28. The molecule has 0 saturated carbocycles. The SMILES string of the molecule is COc1ccc(CCN(C)C(=O)c2ccc(OCc3ccccc3)cc2)cc1OC. The monoisotopic (exact) mass is 405 g/mol. The number of carbonyl (C=O) groups is 1. The molecule has 0 N–H and O–H groups in total. The Morgan fingerprint density at radius 2 is 1.53 bits per heavy atom. The van der Waals surface area contributed by atoms with Crippen molar-refractivity contribution in [1.82, 2.24) is 4.90 Å². The van der Waals surface area contributed by atoms with Crippen molar-refractivity contribution in [2.24, 2.45) is 0 Å². The highest BCUT2D eigenvalue weighted by atomic mass is 16.5. The van der Waals surface area contributed by atoms with Gasteiger partial charge in [0.15, 0.2) is 11.5 Å². The van der Waals surface area contributed by atoms with Crippen molar-refractivity contribution >= 4 is 5.91 Å². The van der Waals surface area contributed by atoms with Crippen LogP contribution in [-0.4, -0.2) is 38.6 Å². The molecule has 156 valence electrons. The second kappa shape index (κ2) is 10.3. The Hall–Kier alpha value is -3.47. The van der Waals surface area contributed by atoms with Crippen LogP contribution in [0.1, 0.15) is 21.5 Å². The molecule has 3 aromatic carbocycles. The van der Waals surface area contributed by atoms with Crippen LogP contribution in [0.25, 0.3) is 0 Å². The number of amides is 1. The maximum absolute atomic E-state index is 12.7. The van der Waals surface area contributed by atoms with Gasteiger partial charge in [0, 0.05) is 19.2 Å². The topological polar surface area (TPSA) is 48.0 Å². The summed E-state index contributed by atoms with van der Waals surface area (Å²) < 4.78 is 16.4. The van der Waals surface area contributed by atoms with Gasteiger partial charge in [-0.15, -0.1) is 0 Å². The average Bonchev–Trinajstić information content (AvgIpc) is 2.81. The van der Waals surface area contributed by atoms with E-state index in [0.29, 0.717) is 30.2 Å². The number of benzene rings is 3. The molecule has 5 heteroatoms. The van der Waals surface area contributed by atoms with Crippen molar-refractivity contribution in [3.63, 3.8) is 0 Å². The second-order valence-corrected chi connectivity index (χ2v) is 6.96. The number of carbonyl (C=O) groups excluding carboxylic acids is 1. The van der Waals surface area contributed by atoms with Crippen molar-refractivity contribution in [3.8, 4) is 17.2 Å². The molecule has 3 rings (SSSR count). The third kappa shape index (κ3) is 5.54. The molecule has 0 unspecified atom stereocenters. The van der Waals surface area contributed by atoms with Gasteiger partial charge in [0.1, 0.15) is 12.4 Å². The molecule has 30 heavy (non-hydrogen) atoms.